The minimum atomic E-state index is -1.31. The first-order valence-electron chi connectivity index (χ1n) is 13.2. The maximum absolute atomic E-state index is 13.1. The van der Waals surface area contributed by atoms with Crippen molar-refractivity contribution in [3.63, 3.8) is 0 Å². The van der Waals surface area contributed by atoms with Crippen LogP contribution in [-0.4, -0.2) is 67.6 Å². The molecule has 0 amide bonds. The van der Waals surface area contributed by atoms with Gasteiger partial charge in [-0.05, 0) is 29.8 Å². The predicted molar refractivity (Wildman–Crippen MR) is 150 cm³/mol. The van der Waals surface area contributed by atoms with Crippen molar-refractivity contribution in [2.75, 3.05) is 13.2 Å². The largest absolute Gasteiger partial charge is 0.491 e. The van der Waals surface area contributed by atoms with Crippen LogP contribution >= 0.6 is 11.6 Å². The molecule has 5 atom stereocenters. The molecule has 1 aliphatic heterocycles. The fourth-order valence-electron chi connectivity index (χ4n) is 4.66. The van der Waals surface area contributed by atoms with E-state index in [1.165, 1.54) is 19.3 Å². The van der Waals surface area contributed by atoms with Gasteiger partial charge in [0.15, 0.2) is 23.7 Å². The van der Waals surface area contributed by atoms with Crippen LogP contribution in [0, 0.1) is 0 Å². The topological polar surface area (TPSA) is 154 Å². The number of rotatable bonds is 9. The molecule has 1 fully saturated rings. The van der Waals surface area contributed by atoms with Crippen LogP contribution in [0.25, 0.3) is 22.1 Å². The van der Waals surface area contributed by atoms with Gasteiger partial charge in [-0.15, -0.1) is 0 Å². The number of ether oxygens (including phenoxy) is 6. The van der Waals surface area contributed by atoms with Gasteiger partial charge in [0, 0.05) is 38.8 Å². The summed E-state index contributed by atoms with van der Waals surface area (Å²) in [6.07, 6.45) is -4.68. The van der Waals surface area contributed by atoms with Crippen molar-refractivity contribution < 1.29 is 52.0 Å². The Hall–Kier alpha value is -4.42. The summed E-state index contributed by atoms with van der Waals surface area (Å²) in [5.74, 6) is -2.54. The van der Waals surface area contributed by atoms with E-state index in [-0.39, 0.29) is 30.0 Å². The van der Waals surface area contributed by atoms with Crippen molar-refractivity contribution in [1.29, 1.82) is 0 Å². The lowest BCUT2D eigenvalue weighted by molar-refractivity contribution is -0.255. The fraction of sp³-hybridized carbons (Fsp3) is 0.367. The minimum absolute atomic E-state index is 0.252. The molecule has 0 bridgehead atoms. The van der Waals surface area contributed by atoms with Crippen LogP contribution < -0.4 is 10.2 Å². The summed E-state index contributed by atoms with van der Waals surface area (Å²) in [5, 5.41) is 0.847. The minimum Gasteiger partial charge on any atom is -0.491 e. The summed E-state index contributed by atoms with van der Waals surface area (Å²) in [6, 6.07) is 11.4. The number of esters is 4. The van der Waals surface area contributed by atoms with E-state index in [0.29, 0.717) is 21.5 Å². The Bertz CT molecular complexity index is 1560. The second-order valence-electron chi connectivity index (χ2n) is 9.69. The molecule has 0 radical (unpaired) electrons. The smallest absolute Gasteiger partial charge is 0.303 e. The predicted octanol–water partition coefficient (Wildman–Crippen LogP) is 3.62. The van der Waals surface area contributed by atoms with E-state index in [2.05, 4.69) is 0 Å². The molecule has 0 aliphatic carbocycles. The molecule has 0 N–H and O–H groups in total. The fourth-order valence-corrected chi connectivity index (χ4v) is 4.78. The van der Waals surface area contributed by atoms with Crippen LogP contribution in [0.2, 0.25) is 5.02 Å². The summed E-state index contributed by atoms with van der Waals surface area (Å²) in [7, 11) is 0. The van der Waals surface area contributed by atoms with Crippen molar-refractivity contribution in [1.82, 2.24) is 0 Å². The monoisotopic (exact) mass is 616 g/mol. The average molecular weight is 617 g/mol. The lowest BCUT2D eigenvalue weighted by atomic mass is 9.94. The standard InChI is InChI=1S/C30H29ClO12/c1-15(32)37-13-25-28(40-16(2)33)30(42-18(4)35)29(41-17(3)34)26(43-25)14-38-21-9-10-22-24(11-21)39-12-23(27(22)36)19-5-7-20(31)8-6-19/h5-12,25-26,28-30H,13-14H2,1-4H3. The van der Waals surface area contributed by atoms with Gasteiger partial charge >= 0.3 is 23.9 Å². The Morgan fingerprint density at radius 3 is 1.93 bits per heavy atom. The highest BCUT2D eigenvalue weighted by Gasteiger charge is 2.52. The third-order valence-corrected chi connectivity index (χ3v) is 6.65. The van der Waals surface area contributed by atoms with Gasteiger partial charge in [0.25, 0.3) is 0 Å². The van der Waals surface area contributed by atoms with Crippen LogP contribution in [0.1, 0.15) is 27.7 Å². The first kappa shape index (κ1) is 31.5. The number of fused-ring (bicyclic) bond motifs is 1. The molecule has 228 valence electrons. The van der Waals surface area contributed by atoms with Gasteiger partial charge in [-0.1, -0.05) is 23.7 Å². The number of carbonyl (C=O) groups is 4. The molecule has 1 aliphatic rings. The van der Waals surface area contributed by atoms with Crippen LogP contribution in [0.5, 0.6) is 5.75 Å². The zero-order chi connectivity index (χ0) is 31.3. The molecule has 2 heterocycles. The number of benzene rings is 2. The summed E-state index contributed by atoms with van der Waals surface area (Å²) in [6.45, 7) is 4.01. The van der Waals surface area contributed by atoms with Crippen molar-refractivity contribution in [3.05, 3.63) is 64.0 Å². The van der Waals surface area contributed by atoms with Gasteiger partial charge < -0.3 is 32.8 Å². The van der Waals surface area contributed by atoms with Gasteiger partial charge in [0.1, 0.15) is 43.0 Å². The van der Waals surface area contributed by atoms with Crippen LogP contribution in [0.15, 0.2) is 57.9 Å². The van der Waals surface area contributed by atoms with E-state index in [4.69, 9.17) is 44.4 Å². The molecule has 0 spiro atoms. The number of halogens is 1. The summed E-state index contributed by atoms with van der Waals surface area (Å²) < 4.78 is 39.0. The summed E-state index contributed by atoms with van der Waals surface area (Å²) in [4.78, 5) is 60.6. The van der Waals surface area contributed by atoms with Gasteiger partial charge in [0.2, 0.25) is 0 Å². The second-order valence-corrected chi connectivity index (χ2v) is 10.1. The molecule has 43 heavy (non-hydrogen) atoms. The molecule has 1 saturated heterocycles. The molecule has 4 rings (SSSR count). The quantitative estimate of drug-likeness (QED) is 0.255. The molecule has 0 saturated carbocycles. The Labute approximate surface area is 250 Å². The van der Waals surface area contributed by atoms with Crippen molar-refractivity contribution >= 4 is 46.4 Å². The number of hydrogen-bond donors (Lipinski definition) is 0. The van der Waals surface area contributed by atoms with E-state index < -0.39 is 54.4 Å². The van der Waals surface area contributed by atoms with Gasteiger partial charge in [-0.25, -0.2) is 0 Å². The van der Waals surface area contributed by atoms with E-state index in [0.717, 1.165) is 20.8 Å². The highest BCUT2D eigenvalue weighted by molar-refractivity contribution is 6.30. The highest BCUT2D eigenvalue weighted by Crippen LogP contribution is 2.31. The van der Waals surface area contributed by atoms with Gasteiger partial charge in [-0.2, -0.15) is 0 Å². The van der Waals surface area contributed by atoms with E-state index in [1.54, 1.807) is 36.4 Å². The SMILES string of the molecule is CC(=O)OCC1OC(COc2ccc3c(=O)c(-c4ccc(Cl)cc4)coc3c2)C(OC(C)=O)C(OC(C)=O)C1OC(C)=O. The first-order chi connectivity index (χ1) is 20.4. The molecule has 12 nitrogen and oxygen atoms in total. The maximum atomic E-state index is 13.1. The zero-order valence-electron chi connectivity index (χ0n) is 23.7. The van der Waals surface area contributed by atoms with E-state index >= 15 is 0 Å². The molecular formula is C30H29ClO12. The summed E-state index contributed by atoms with van der Waals surface area (Å²) in [5.41, 5.74) is 0.996. The van der Waals surface area contributed by atoms with E-state index in [9.17, 15) is 24.0 Å². The lowest BCUT2D eigenvalue weighted by Crippen LogP contribution is -2.63. The summed E-state index contributed by atoms with van der Waals surface area (Å²) >= 11 is 5.95. The first-order valence-corrected chi connectivity index (χ1v) is 13.6. The Morgan fingerprint density at radius 2 is 1.35 bits per heavy atom. The van der Waals surface area contributed by atoms with Crippen molar-refractivity contribution in [2.45, 2.75) is 58.2 Å². The van der Waals surface area contributed by atoms with E-state index in [1.807, 2.05) is 0 Å². The average Bonchev–Trinajstić information content (AvgIpc) is 2.93. The maximum Gasteiger partial charge on any atom is 0.303 e. The lowest BCUT2D eigenvalue weighted by Gasteiger charge is -2.44. The highest BCUT2D eigenvalue weighted by atomic mass is 35.5. The normalized spacial score (nSPS) is 21.5. The molecule has 13 heteroatoms. The van der Waals surface area contributed by atoms with Gasteiger partial charge in [0.05, 0.1) is 10.9 Å². The Morgan fingerprint density at radius 1 is 0.767 bits per heavy atom. The van der Waals surface area contributed by atoms with Crippen molar-refractivity contribution in [2.24, 2.45) is 0 Å². The molecular weight excluding hydrogens is 588 g/mol. The van der Waals surface area contributed by atoms with Crippen LogP contribution in [0.3, 0.4) is 0 Å². The molecule has 2 aromatic carbocycles. The van der Waals surface area contributed by atoms with Crippen LogP contribution in [-0.2, 0) is 42.9 Å². The third kappa shape index (κ3) is 7.90. The Balaban J connectivity index is 1.61. The van der Waals surface area contributed by atoms with Crippen LogP contribution in [0.4, 0.5) is 0 Å². The molecule has 3 aromatic rings. The number of hydrogen-bond acceptors (Lipinski definition) is 12. The second kappa shape index (κ2) is 13.7. The third-order valence-electron chi connectivity index (χ3n) is 6.40. The zero-order valence-corrected chi connectivity index (χ0v) is 24.5. The molecule has 1 aromatic heterocycles. The van der Waals surface area contributed by atoms with Gasteiger partial charge in [-0.3, -0.25) is 24.0 Å². The number of carbonyl (C=O) groups excluding carboxylic acids is 4. The Kier molecular flexibility index (Phi) is 10.0. The van der Waals surface area contributed by atoms with Crippen molar-refractivity contribution in [3.8, 4) is 16.9 Å². The molecule has 5 unspecified atom stereocenters.